The molecule has 0 saturated carbocycles. The Labute approximate surface area is 156 Å². The summed E-state index contributed by atoms with van der Waals surface area (Å²) in [5.41, 5.74) is 2.30. The van der Waals surface area contributed by atoms with Crippen LogP contribution in [0.3, 0.4) is 0 Å². The molecule has 0 bridgehead atoms. The van der Waals surface area contributed by atoms with Crippen molar-refractivity contribution in [1.29, 1.82) is 0 Å². The molecule has 2 aromatic rings. The molecule has 0 aliphatic carbocycles. The maximum absolute atomic E-state index is 12.9. The Kier molecular flexibility index (Phi) is 6.29. The minimum atomic E-state index is 0.124. The maximum Gasteiger partial charge on any atom is 0.226 e. The zero-order chi connectivity index (χ0) is 18.4. The van der Waals surface area contributed by atoms with Crippen molar-refractivity contribution in [3.05, 3.63) is 65.7 Å². The SMILES string of the molecule is CCN(Cc1ccccc1)C(=O)C1CCN(Cc2cccc(O)c2)CC1. The van der Waals surface area contributed by atoms with E-state index in [1.165, 1.54) is 5.56 Å². The van der Waals surface area contributed by atoms with Gasteiger partial charge in [-0.15, -0.1) is 0 Å². The molecule has 1 aliphatic heterocycles. The Hall–Kier alpha value is -2.33. The van der Waals surface area contributed by atoms with Crippen LogP contribution in [0.5, 0.6) is 5.75 Å². The van der Waals surface area contributed by atoms with Gasteiger partial charge in [0.25, 0.3) is 0 Å². The van der Waals surface area contributed by atoms with Crippen molar-refractivity contribution in [3.8, 4) is 5.75 Å². The van der Waals surface area contributed by atoms with Crippen molar-refractivity contribution >= 4 is 5.91 Å². The first kappa shape index (κ1) is 18.5. The third-order valence-corrected chi connectivity index (χ3v) is 5.16. The van der Waals surface area contributed by atoms with Gasteiger partial charge in [-0.1, -0.05) is 42.5 Å². The molecule has 138 valence electrons. The average molecular weight is 352 g/mol. The molecule has 3 rings (SSSR count). The number of carbonyl (C=O) groups excluding carboxylic acids is 1. The molecule has 4 heteroatoms. The molecule has 0 atom stereocenters. The minimum absolute atomic E-state index is 0.124. The summed E-state index contributed by atoms with van der Waals surface area (Å²) >= 11 is 0. The molecular weight excluding hydrogens is 324 g/mol. The topological polar surface area (TPSA) is 43.8 Å². The lowest BCUT2D eigenvalue weighted by Crippen LogP contribution is -2.42. The van der Waals surface area contributed by atoms with Crippen molar-refractivity contribution in [3.63, 3.8) is 0 Å². The van der Waals surface area contributed by atoms with Gasteiger partial charge in [0.15, 0.2) is 0 Å². The van der Waals surface area contributed by atoms with E-state index in [4.69, 9.17) is 0 Å². The first-order valence-electron chi connectivity index (χ1n) is 9.48. The Bertz CT molecular complexity index is 709. The van der Waals surface area contributed by atoms with Crippen molar-refractivity contribution in [2.24, 2.45) is 5.92 Å². The van der Waals surface area contributed by atoms with Gasteiger partial charge < -0.3 is 10.0 Å². The van der Waals surface area contributed by atoms with Crippen LogP contribution in [0.25, 0.3) is 0 Å². The fourth-order valence-electron chi connectivity index (χ4n) is 3.66. The van der Waals surface area contributed by atoms with E-state index in [9.17, 15) is 9.90 Å². The van der Waals surface area contributed by atoms with Gasteiger partial charge in [0.2, 0.25) is 5.91 Å². The first-order valence-corrected chi connectivity index (χ1v) is 9.48. The van der Waals surface area contributed by atoms with Crippen molar-refractivity contribution in [1.82, 2.24) is 9.80 Å². The van der Waals surface area contributed by atoms with Crippen LogP contribution in [0.4, 0.5) is 0 Å². The highest BCUT2D eigenvalue weighted by Gasteiger charge is 2.28. The Balaban J connectivity index is 1.52. The highest BCUT2D eigenvalue weighted by molar-refractivity contribution is 5.79. The summed E-state index contributed by atoms with van der Waals surface area (Å²) in [7, 11) is 0. The van der Waals surface area contributed by atoms with Crippen LogP contribution >= 0.6 is 0 Å². The van der Waals surface area contributed by atoms with E-state index < -0.39 is 0 Å². The fourth-order valence-corrected chi connectivity index (χ4v) is 3.66. The van der Waals surface area contributed by atoms with E-state index in [-0.39, 0.29) is 11.8 Å². The largest absolute Gasteiger partial charge is 0.508 e. The predicted molar refractivity (Wildman–Crippen MR) is 104 cm³/mol. The van der Waals surface area contributed by atoms with Gasteiger partial charge in [0.05, 0.1) is 0 Å². The third-order valence-electron chi connectivity index (χ3n) is 5.16. The monoisotopic (exact) mass is 352 g/mol. The van der Waals surface area contributed by atoms with E-state index in [1.54, 1.807) is 6.07 Å². The summed E-state index contributed by atoms with van der Waals surface area (Å²) in [5.74, 6) is 0.722. The van der Waals surface area contributed by atoms with Crippen LogP contribution in [-0.4, -0.2) is 40.4 Å². The van der Waals surface area contributed by atoms with Crippen LogP contribution in [0.1, 0.15) is 30.9 Å². The molecule has 0 unspecified atom stereocenters. The Morgan fingerprint density at radius 2 is 1.77 bits per heavy atom. The van der Waals surface area contributed by atoms with E-state index in [0.717, 1.165) is 44.6 Å². The number of rotatable bonds is 6. The van der Waals surface area contributed by atoms with E-state index in [1.807, 2.05) is 41.3 Å². The second-order valence-corrected chi connectivity index (χ2v) is 7.06. The second kappa shape index (κ2) is 8.86. The molecule has 1 fully saturated rings. The lowest BCUT2D eigenvalue weighted by Gasteiger charge is -2.34. The van der Waals surface area contributed by atoms with E-state index >= 15 is 0 Å². The molecule has 2 aromatic carbocycles. The van der Waals surface area contributed by atoms with Crippen molar-refractivity contribution in [2.75, 3.05) is 19.6 Å². The molecule has 1 amide bonds. The molecule has 4 nitrogen and oxygen atoms in total. The zero-order valence-corrected chi connectivity index (χ0v) is 15.5. The molecule has 26 heavy (non-hydrogen) atoms. The quantitative estimate of drug-likeness (QED) is 0.863. The molecular formula is C22H28N2O2. The molecule has 1 heterocycles. The number of likely N-dealkylation sites (tertiary alicyclic amines) is 1. The maximum atomic E-state index is 12.9. The smallest absolute Gasteiger partial charge is 0.226 e. The van der Waals surface area contributed by atoms with Crippen LogP contribution in [0.2, 0.25) is 0 Å². The summed E-state index contributed by atoms with van der Waals surface area (Å²) in [6.07, 6.45) is 1.81. The predicted octanol–water partition coefficient (Wildman–Crippen LogP) is 3.65. The molecule has 0 radical (unpaired) electrons. The normalized spacial score (nSPS) is 15.7. The summed E-state index contributed by atoms with van der Waals surface area (Å²) < 4.78 is 0. The number of amides is 1. The van der Waals surface area contributed by atoms with Crippen molar-refractivity contribution < 1.29 is 9.90 Å². The van der Waals surface area contributed by atoms with E-state index in [2.05, 4.69) is 24.0 Å². The van der Waals surface area contributed by atoms with Gasteiger partial charge in [0, 0.05) is 25.6 Å². The highest BCUT2D eigenvalue weighted by atomic mass is 16.3. The number of hydrogen-bond acceptors (Lipinski definition) is 3. The van der Waals surface area contributed by atoms with Gasteiger partial charge in [0.1, 0.15) is 5.75 Å². The first-order chi connectivity index (χ1) is 12.7. The zero-order valence-electron chi connectivity index (χ0n) is 15.5. The number of hydrogen-bond donors (Lipinski definition) is 1. The number of benzene rings is 2. The molecule has 0 aromatic heterocycles. The average Bonchev–Trinajstić information content (AvgIpc) is 2.67. The summed E-state index contributed by atoms with van der Waals surface area (Å²) in [6, 6.07) is 17.6. The summed E-state index contributed by atoms with van der Waals surface area (Å²) in [4.78, 5) is 17.3. The molecule has 1 aliphatic rings. The summed E-state index contributed by atoms with van der Waals surface area (Å²) in [5, 5.41) is 9.60. The van der Waals surface area contributed by atoms with Crippen LogP contribution in [0, 0.1) is 5.92 Å². The molecule has 1 N–H and O–H groups in total. The molecule has 0 spiro atoms. The number of nitrogens with zero attached hydrogens (tertiary/aromatic N) is 2. The Morgan fingerprint density at radius 3 is 2.42 bits per heavy atom. The van der Waals surface area contributed by atoms with Crippen LogP contribution in [-0.2, 0) is 17.9 Å². The van der Waals surface area contributed by atoms with Gasteiger partial charge >= 0.3 is 0 Å². The van der Waals surface area contributed by atoms with Gasteiger partial charge in [-0.05, 0) is 56.1 Å². The lowest BCUT2D eigenvalue weighted by atomic mass is 9.94. The number of aromatic hydroxyl groups is 1. The fraction of sp³-hybridized carbons (Fsp3) is 0.409. The number of phenols is 1. The third kappa shape index (κ3) is 4.85. The van der Waals surface area contributed by atoms with Crippen LogP contribution in [0.15, 0.2) is 54.6 Å². The Morgan fingerprint density at radius 1 is 1.08 bits per heavy atom. The van der Waals surface area contributed by atoms with Crippen LogP contribution < -0.4 is 0 Å². The summed E-state index contributed by atoms with van der Waals surface area (Å²) in [6.45, 7) is 6.18. The van der Waals surface area contributed by atoms with Gasteiger partial charge in [-0.25, -0.2) is 0 Å². The highest BCUT2D eigenvalue weighted by Crippen LogP contribution is 2.23. The lowest BCUT2D eigenvalue weighted by molar-refractivity contribution is -0.137. The minimum Gasteiger partial charge on any atom is -0.508 e. The second-order valence-electron chi connectivity index (χ2n) is 7.06. The van der Waals surface area contributed by atoms with E-state index in [0.29, 0.717) is 12.3 Å². The van der Waals surface area contributed by atoms with Gasteiger partial charge in [-0.2, -0.15) is 0 Å². The number of carbonyl (C=O) groups is 1. The standard InChI is InChI=1S/C22H28N2O2/c1-2-24(17-18-7-4-3-5-8-18)22(26)20-11-13-23(14-12-20)16-19-9-6-10-21(25)15-19/h3-10,15,20,25H,2,11-14,16-17H2,1H3. The van der Waals surface area contributed by atoms with Gasteiger partial charge in [-0.3, -0.25) is 9.69 Å². The number of piperidine rings is 1. The molecule has 1 saturated heterocycles. The van der Waals surface area contributed by atoms with Crippen molar-refractivity contribution in [2.45, 2.75) is 32.9 Å². The number of phenolic OH excluding ortho intramolecular Hbond substituents is 1.